The molecule has 2 aliphatic rings. The molecule has 3 heterocycles. The zero-order chi connectivity index (χ0) is 25.0. The van der Waals surface area contributed by atoms with Gasteiger partial charge >= 0.3 is 12.1 Å². The summed E-state index contributed by atoms with van der Waals surface area (Å²) in [6.07, 6.45) is -4.31. The van der Waals surface area contributed by atoms with Crippen molar-refractivity contribution in [2.24, 2.45) is 5.73 Å². The highest BCUT2D eigenvalue weighted by Crippen LogP contribution is 2.44. The molecule has 1 saturated heterocycles. The number of thioether (sulfide) groups is 3. The van der Waals surface area contributed by atoms with E-state index in [1.807, 2.05) is 0 Å². The summed E-state index contributed by atoms with van der Waals surface area (Å²) in [7, 11) is 0. The fourth-order valence-electron chi connectivity index (χ4n) is 3.28. The Morgan fingerprint density at radius 1 is 1.38 bits per heavy atom. The zero-order valence-corrected chi connectivity index (χ0v) is 19.5. The molecule has 3 rings (SSSR count). The van der Waals surface area contributed by atoms with Crippen LogP contribution in [0.15, 0.2) is 16.4 Å². The van der Waals surface area contributed by atoms with Gasteiger partial charge in [-0.3, -0.25) is 19.3 Å². The van der Waals surface area contributed by atoms with Crippen LogP contribution < -0.4 is 11.1 Å². The molecule has 186 valence electrons. The molecule has 1 aromatic rings. The van der Waals surface area contributed by atoms with Gasteiger partial charge in [0.05, 0.1) is 11.5 Å². The number of rotatable bonds is 11. The molecule has 0 saturated carbocycles. The molecule has 12 nitrogen and oxygen atoms in total. The van der Waals surface area contributed by atoms with E-state index in [1.54, 1.807) is 0 Å². The van der Waals surface area contributed by atoms with E-state index in [1.165, 1.54) is 11.8 Å². The second-order valence-corrected chi connectivity index (χ2v) is 10.3. The van der Waals surface area contributed by atoms with Crippen molar-refractivity contribution in [2.75, 3.05) is 17.3 Å². The number of aromatic nitrogens is 4. The van der Waals surface area contributed by atoms with Crippen molar-refractivity contribution in [1.29, 1.82) is 0 Å². The number of primary amides is 1. The molecule has 5 N–H and O–H groups in total. The minimum atomic E-state index is -4.42. The summed E-state index contributed by atoms with van der Waals surface area (Å²) in [5.74, 6) is -4.96. The quantitative estimate of drug-likeness (QED) is 0.218. The number of carbonyl (C=O) groups is 4. The molecule has 2 unspecified atom stereocenters. The molecule has 1 fully saturated rings. The number of amides is 3. The lowest BCUT2D eigenvalue weighted by Gasteiger charge is -2.50. The van der Waals surface area contributed by atoms with Gasteiger partial charge in [0.1, 0.15) is 17.1 Å². The molecule has 3 amide bonds. The van der Waals surface area contributed by atoms with Crippen molar-refractivity contribution in [1.82, 2.24) is 30.8 Å². The number of carboxylic acid groups (broad SMARTS) is 1. The Bertz CT molecular complexity index is 991. The van der Waals surface area contributed by atoms with Gasteiger partial charge < -0.3 is 16.2 Å². The average Bonchev–Trinajstić information content (AvgIpc) is 3.26. The van der Waals surface area contributed by atoms with Gasteiger partial charge in [-0.25, -0.2) is 9.89 Å². The zero-order valence-electron chi connectivity index (χ0n) is 17.1. The smallest absolute Gasteiger partial charge is 0.397 e. The topological polar surface area (TPSA) is 184 Å². The summed E-state index contributed by atoms with van der Waals surface area (Å²) < 4.78 is 36.8. The summed E-state index contributed by atoms with van der Waals surface area (Å²) in [4.78, 5) is 49.2. The fourth-order valence-corrected chi connectivity index (χ4v) is 6.43. The molecule has 0 bridgehead atoms. The second-order valence-electron chi connectivity index (χ2n) is 7.06. The maximum Gasteiger partial charge on any atom is 0.397 e. The van der Waals surface area contributed by atoms with E-state index in [0.717, 1.165) is 16.7 Å². The van der Waals surface area contributed by atoms with Crippen molar-refractivity contribution in [3.63, 3.8) is 0 Å². The Balaban J connectivity index is 1.75. The summed E-state index contributed by atoms with van der Waals surface area (Å²) in [5, 5.41) is 24.4. The molecule has 0 aliphatic carbocycles. The number of tetrazole rings is 1. The van der Waals surface area contributed by atoms with E-state index in [-0.39, 0.29) is 29.4 Å². The van der Waals surface area contributed by atoms with Crippen LogP contribution in [0.4, 0.5) is 13.2 Å². The Labute approximate surface area is 202 Å². The molecule has 18 heteroatoms. The van der Waals surface area contributed by atoms with E-state index in [2.05, 4.69) is 25.9 Å². The van der Waals surface area contributed by atoms with Crippen molar-refractivity contribution < 1.29 is 37.5 Å². The average molecular weight is 542 g/mol. The summed E-state index contributed by atoms with van der Waals surface area (Å²) in [5.41, 5.74) is 5.32. The number of aromatic amines is 1. The molecule has 2 aliphatic heterocycles. The predicted molar refractivity (Wildman–Crippen MR) is 115 cm³/mol. The van der Waals surface area contributed by atoms with Crippen molar-refractivity contribution in [3.05, 3.63) is 11.3 Å². The Hall–Kier alpha value is -2.47. The summed E-state index contributed by atoms with van der Waals surface area (Å²) in [6, 6.07) is -1.06. The molecule has 0 aromatic carbocycles. The largest absolute Gasteiger partial charge is 0.477 e. The summed E-state index contributed by atoms with van der Waals surface area (Å²) >= 11 is 2.63. The van der Waals surface area contributed by atoms with E-state index in [9.17, 15) is 37.5 Å². The number of carbonyl (C=O) groups excluding carboxylic acids is 3. The minimum Gasteiger partial charge on any atom is -0.477 e. The van der Waals surface area contributed by atoms with Crippen LogP contribution in [0.1, 0.15) is 12.8 Å². The third kappa shape index (κ3) is 6.35. The number of nitrogens with zero attached hydrogens (tertiary/aromatic N) is 4. The van der Waals surface area contributed by atoms with Crippen LogP contribution in [0.3, 0.4) is 0 Å². The lowest BCUT2D eigenvalue weighted by Crippen LogP contribution is -2.70. The second kappa shape index (κ2) is 10.9. The molecule has 0 radical (unpaired) electrons. The van der Waals surface area contributed by atoms with Gasteiger partial charge in [-0.2, -0.15) is 13.2 Å². The normalized spacial score (nSPS) is 21.0. The Morgan fingerprint density at radius 3 is 2.71 bits per heavy atom. The standard InChI is InChI=1S/C16H18F3N7O5S3/c17-16(18,19)5-32-4-9(28)21-10-12(29)26-11(14(30)31)6(3-33-13(10)26)7(1-2-8(20)27)34-15-22-24-25-23-15/h7,10,13H,1-5H2,(H2,20,27)(H,21,28)(H,30,31)(H,22,23,24,25)/t7?,10?,13-/m0/s1. The van der Waals surface area contributed by atoms with Crippen molar-refractivity contribution in [3.8, 4) is 0 Å². The molecular formula is C16H18F3N7O5S3. The maximum atomic E-state index is 12.7. The van der Waals surface area contributed by atoms with Gasteiger partial charge in [0, 0.05) is 17.4 Å². The number of hydrogen-bond donors (Lipinski definition) is 4. The number of alkyl halides is 3. The number of halogens is 3. The van der Waals surface area contributed by atoms with Gasteiger partial charge in [0.2, 0.25) is 17.0 Å². The van der Waals surface area contributed by atoms with Gasteiger partial charge in [0.15, 0.2) is 0 Å². The fraction of sp³-hybridized carbons (Fsp3) is 0.562. The summed E-state index contributed by atoms with van der Waals surface area (Å²) in [6.45, 7) is 0. The van der Waals surface area contributed by atoms with Crippen molar-refractivity contribution in [2.45, 2.75) is 40.8 Å². The van der Waals surface area contributed by atoms with Gasteiger partial charge in [-0.05, 0) is 22.4 Å². The number of aliphatic carboxylic acids is 1. The van der Waals surface area contributed by atoms with E-state index < -0.39 is 58.0 Å². The lowest BCUT2D eigenvalue weighted by molar-refractivity contribution is -0.150. The number of carboxylic acids is 1. The van der Waals surface area contributed by atoms with Crippen LogP contribution in [0, 0.1) is 0 Å². The molecule has 0 spiro atoms. The molecular weight excluding hydrogens is 523 g/mol. The highest BCUT2D eigenvalue weighted by Gasteiger charge is 2.54. The number of fused-ring (bicyclic) bond motifs is 1. The Morgan fingerprint density at radius 2 is 2.12 bits per heavy atom. The SMILES string of the molecule is NC(=O)CCC(Sc1nnn[nH]1)C1=C(C(=O)O)N2C(=O)C(NC(=O)CSCC(F)(F)F)[C@@H]2SC1. The van der Waals surface area contributed by atoms with Crippen LogP contribution in [-0.2, 0) is 19.2 Å². The molecule has 3 atom stereocenters. The third-order valence-electron chi connectivity index (χ3n) is 4.64. The Kier molecular flexibility index (Phi) is 8.34. The first-order valence-electron chi connectivity index (χ1n) is 9.51. The number of hydrogen-bond acceptors (Lipinski definition) is 10. The highest BCUT2D eigenvalue weighted by molar-refractivity contribution is 8.01. The third-order valence-corrected chi connectivity index (χ3v) is 8.14. The highest BCUT2D eigenvalue weighted by atomic mass is 32.2. The van der Waals surface area contributed by atoms with Crippen LogP contribution in [0.2, 0.25) is 0 Å². The van der Waals surface area contributed by atoms with E-state index >= 15 is 0 Å². The number of nitrogens with one attached hydrogen (secondary N) is 2. The van der Waals surface area contributed by atoms with Crippen LogP contribution in [0.5, 0.6) is 0 Å². The molecule has 1 aromatic heterocycles. The first-order chi connectivity index (χ1) is 16.0. The number of H-pyrrole nitrogens is 1. The van der Waals surface area contributed by atoms with Crippen LogP contribution >= 0.6 is 35.3 Å². The van der Waals surface area contributed by atoms with Crippen LogP contribution in [0.25, 0.3) is 0 Å². The van der Waals surface area contributed by atoms with Gasteiger partial charge in [0.25, 0.3) is 5.91 Å². The van der Waals surface area contributed by atoms with E-state index in [0.29, 0.717) is 17.3 Å². The first-order valence-corrected chi connectivity index (χ1v) is 12.6. The van der Waals surface area contributed by atoms with E-state index in [4.69, 9.17) is 5.73 Å². The van der Waals surface area contributed by atoms with Gasteiger partial charge in [-0.1, -0.05) is 11.8 Å². The van der Waals surface area contributed by atoms with Gasteiger partial charge in [-0.15, -0.1) is 28.6 Å². The van der Waals surface area contributed by atoms with Crippen LogP contribution in [-0.4, -0.2) is 94.4 Å². The first kappa shape index (κ1) is 26.1. The monoisotopic (exact) mass is 541 g/mol. The van der Waals surface area contributed by atoms with Crippen molar-refractivity contribution >= 4 is 59.0 Å². The number of β-lactam (4-membered cyclic amide) rings is 1. The lowest BCUT2D eigenvalue weighted by atomic mass is 9.99. The number of nitrogens with two attached hydrogens (primary N) is 1. The minimum absolute atomic E-state index is 0.0497. The molecule has 34 heavy (non-hydrogen) atoms. The predicted octanol–water partition coefficient (Wildman–Crippen LogP) is -0.0400. The maximum absolute atomic E-state index is 12.7.